The Morgan fingerprint density at radius 1 is 1.14 bits per heavy atom. The second kappa shape index (κ2) is 10.9. The third-order valence-corrected chi connectivity index (χ3v) is 8.74. The monoisotopic (exact) mass is 560 g/mol. The van der Waals surface area contributed by atoms with E-state index in [4.69, 9.17) is 11.6 Å². The van der Waals surface area contributed by atoms with Crippen LogP contribution < -0.4 is 0 Å². The Hall–Kier alpha value is -2.75. The van der Waals surface area contributed by atoms with Gasteiger partial charge in [0.15, 0.2) is 9.84 Å². The number of rotatable bonds is 10. The molecule has 0 bridgehead atoms. The summed E-state index contributed by atoms with van der Waals surface area (Å²) < 4.78 is 23.9. The molecule has 0 aliphatic carbocycles. The summed E-state index contributed by atoms with van der Waals surface area (Å²) in [5.41, 5.74) is 0.398. The van der Waals surface area contributed by atoms with E-state index < -0.39 is 21.1 Å². The van der Waals surface area contributed by atoms with Gasteiger partial charge >= 0.3 is 0 Å². The van der Waals surface area contributed by atoms with Crippen LogP contribution in [-0.2, 0) is 26.0 Å². The lowest BCUT2D eigenvalue weighted by Gasteiger charge is -2.51. The van der Waals surface area contributed by atoms with Gasteiger partial charge in [-0.3, -0.25) is 14.4 Å². The Kier molecular flexibility index (Phi) is 8.06. The third-order valence-electron chi connectivity index (χ3n) is 6.69. The molecule has 0 spiro atoms. The van der Waals surface area contributed by atoms with Gasteiger partial charge in [-0.2, -0.15) is 0 Å². The number of thiophene rings is 1. The molecule has 3 aromatic rings. The summed E-state index contributed by atoms with van der Waals surface area (Å²) in [4.78, 5) is 42.8. The van der Waals surface area contributed by atoms with E-state index >= 15 is 0 Å². The standard InChI is InChI=1S/C27H29ClN2O5S2/c1-27(12-14-30(27)25(32)23-17-36-24-11-4-3-10-22(23)24)26(33)29(16-19-7-5-8-20(28)15-19)13-6-9-21(31)18-37(2,34)35/h3-5,7-8,10-11,15,17H,6,9,12-14,16,18H2,1-2H3/t27-/m1/s1. The molecule has 2 heterocycles. The summed E-state index contributed by atoms with van der Waals surface area (Å²) in [5.74, 6) is -1.27. The van der Waals surface area contributed by atoms with Crippen LogP contribution in [0.3, 0.4) is 0 Å². The molecule has 0 unspecified atom stereocenters. The molecule has 1 fully saturated rings. The van der Waals surface area contributed by atoms with E-state index in [1.807, 2.05) is 35.7 Å². The van der Waals surface area contributed by atoms with Crippen molar-refractivity contribution < 1.29 is 22.8 Å². The molecule has 0 radical (unpaired) electrons. The summed E-state index contributed by atoms with van der Waals surface area (Å²) in [6.07, 6.45) is 1.92. The molecule has 1 aliphatic rings. The molecule has 196 valence electrons. The first kappa shape index (κ1) is 27.3. The van der Waals surface area contributed by atoms with Gasteiger partial charge < -0.3 is 9.80 Å². The number of sulfone groups is 1. The first-order valence-electron chi connectivity index (χ1n) is 12.0. The van der Waals surface area contributed by atoms with Crippen molar-refractivity contribution in [3.05, 3.63) is 70.1 Å². The normalized spacial score (nSPS) is 17.4. The van der Waals surface area contributed by atoms with Crippen LogP contribution in [0.25, 0.3) is 10.1 Å². The largest absolute Gasteiger partial charge is 0.336 e. The van der Waals surface area contributed by atoms with Crippen LogP contribution in [0.5, 0.6) is 0 Å². The lowest BCUT2D eigenvalue weighted by atomic mass is 9.84. The van der Waals surface area contributed by atoms with E-state index in [9.17, 15) is 22.8 Å². The molecule has 2 amide bonds. The first-order valence-corrected chi connectivity index (χ1v) is 15.3. The summed E-state index contributed by atoms with van der Waals surface area (Å²) in [5, 5.41) is 3.26. The fourth-order valence-corrected chi connectivity index (χ4v) is 6.55. The number of nitrogens with zero attached hydrogens (tertiary/aromatic N) is 2. The summed E-state index contributed by atoms with van der Waals surface area (Å²) in [7, 11) is -3.40. The van der Waals surface area contributed by atoms with Gasteiger partial charge in [0.1, 0.15) is 17.1 Å². The Bertz CT molecular complexity index is 1450. The molecule has 0 N–H and O–H groups in total. The minimum absolute atomic E-state index is 0.0483. The van der Waals surface area contributed by atoms with Gasteiger partial charge in [-0.15, -0.1) is 11.3 Å². The van der Waals surface area contributed by atoms with E-state index in [1.54, 1.807) is 34.9 Å². The zero-order chi connectivity index (χ0) is 26.8. The van der Waals surface area contributed by atoms with Gasteiger partial charge in [0, 0.05) is 52.8 Å². The highest BCUT2D eigenvalue weighted by molar-refractivity contribution is 7.91. The molecule has 1 aromatic heterocycles. The number of likely N-dealkylation sites (tertiary alicyclic amines) is 1. The molecule has 2 aromatic carbocycles. The fourth-order valence-electron chi connectivity index (χ4n) is 4.68. The van der Waals surface area contributed by atoms with Gasteiger partial charge in [0.05, 0.1) is 5.56 Å². The van der Waals surface area contributed by atoms with Crippen LogP contribution in [0, 0.1) is 0 Å². The highest BCUT2D eigenvalue weighted by atomic mass is 35.5. The summed E-state index contributed by atoms with van der Waals surface area (Å²) in [6, 6.07) is 14.9. The molecule has 37 heavy (non-hydrogen) atoms. The highest BCUT2D eigenvalue weighted by Gasteiger charge is 2.51. The molecule has 1 aliphatic heterocycles. The Morgan fingerprint density at radius 2 is 1.89 bits per heavy atom. The smallest absolute Gasteiger partial charge is 0.256 e. The third kappa shape index (κ3) is 6.22. The molecular weight excluding hydrogens is 532 g/mol. The maximum Gasteiger partial charge on any atom is 0.256 e. The first-order chi connectivity index (χ1) is 17.5. The van der Waals surface area contributed by atoms with Crippen LogP contribution >= 0.6 is 22.9 Å². The summed E-state index contributed by atoms with van der Waals surface area (Å²) >= 11 is 7.66. The van der Waals surface area contributed by atoms with E-state index in [1.165, 1.54) is 11.3 Å². The van der Waals surface area contributed by atoms with Crippen LogP contribution in [0.2, 0.25) is 5.02 Å². The van der Waals surface area contributed by atoms with Crippen molar-refractivity contribution in [1.29, 1.82) is 0 Å². The number of amides is 2. The van der Waals surface area contributed by atoms with E-state index in [0.717, 1.165) is 21.9 Å². The minimum Gasteiger partial charge on any atom is -0.336 e. The van der Waals surface area contributed by atoms with Crippen LogP contribution in [0.4, 0.5) is 0 Å². The second-order valence-corrected chi connectivity index (χ2v) is 13.2. The van der Waals surface area contributed by atoms with E-state index in [-0.39, 0.29) is 37.1 Å². The number of Topliss-reactive ketones (excluding diaryl/α,β-unsaturated/α-hetero) is 1. The number of carbonyl (C=O) groups is 3. The molecule has 1 saturated heterocycles. The van der Waals surface area contributed by atoms with Gasteiger partial charge in [-0.1, -0.05) is 41.9 Å². The van der Waals surface area contributed by atoms with Crippen molar-refractivity contribution in [2.24, 2.45) is 0 Å². The molecule has 7 nitrogen and oxygen atoms in total. The SMILES string of the molecule is C[C@]1(C(=O)N(CCCC(=O)CS(C)(=O)=O)Cc2cccc(Cl)c2)CCN1C(=O)c1csc2ccccc12. The number of ketones is 1. The number of hydrogen-bond donors (Lipinski definition) is 0. The van der Waals surface area contributed by atoms with Gasteiger partial charge in [0.25, 0.3) is 5.91 Å². The molecular formula is C27H29ClN2O5S2. The van der Waals surface area contributed by atoms with Crippen LogP contribution in [0.1, 0.15) is 42.1 Å². The Morgan fingerprint density at radius 3 is 2.57 bits per heavy atom. The maximum atomic E-state index is 13.9. The molecule has 4 rings (SSSR count). The van der Waals surface area contributed by atoms with Crippen molar-refractivity contribution in [2.75, 3.05) is 25.1 Å². The Balaban J connectivity index is 1.53. The van der Waals surface area contributed by atoms with Crippen molar-refractivity contribution in [1.82, 2.24) is 9.80 Å². The predicted octanol–water partition coefficient (Wildman–Crippen LogP) is 4.58. The second-order valence-electron chi connectivity index (χ2n) is 9.70. The van der Waals surface area contributed by atoms with E-state index in [0.29, 0.717) is 30.0 Å². The van der Waals surface area contributed by atoms with Crippen LogP contribution in [-0.4, -0.2) is 66.5 Å². The van der Waals surface area contributed by atoms with Crippen LogP contribution in [0.15, 0.2) is 53.9 Å². The van der Waals surface area contributed by atoms with Crippen molar-refractivity contribution >= 4 is 60.5 Å². The highest BCUT2D eigenvalue weighted by Crippen LogP contribution is 2.37. The summed E-state index contributed by atoms with van der Waals surface area (Å²) in [6.45, 7) is 2.77. The molecule has 10 heteroatoms. The van der Waals surface area contributed by atoms with E-state index in [2.05, 4.69) is 0 Å². The van der Waals surface area contributed by atoms with Gasteiger partial charge in [0.2, 0.25) is 5.91 Å². The zero-order valence-electron chi connectivity index (χ0n) is 20.8. The number of benzene rings is 2. The lowest BCUT2D eigenvalue weighted by molar-refractivity contribution is -0.149. The number of carbonyl (C=O) groups excluding carboxylic acids is 3. The average molecular weight is 561 g/mol. The zero-order valence-corrected chi connectivity index (χ0v) is 23.2. The number of fused-ring (bicyclic) bond motifs is 1. The fraction of sp³-hybridized carbons (Fsp3) is 0.370. The minimum atomic E-state index is -3.40. The predicted molar refractivity (Wildman–Crippen MR) is 147 cm³/mol. The number of halogens is 1. The Labute approximate surface area is 225 Å². The van der Waals surface area contributed by atoms with Crippen molar-refractivity contribution in [3.63, 3.8) is 0 Å². The van der Waals surface area contributed by atoms with Gasteiger partial charge in [-0.25, -0.2) is 8.42 Å². The molecule has 0 saturated carbocycles. The van der Waals surface area contributed by atoms with Crippen molar-refractivity contribution in [3.8, 4) is 0 Å². The van der Waals surface area contributed by atoms with Crippen molar-refractivity contribution in [2.45, 2.75) is 38.3 Å². The average Bonchev–Trinajstić information content (AvgIpc) is 3.25. The lowest BCUT2D eigenvalue weighted by Crippen LogP contribution is -2.67. The number of hydrogen-bond acceptors (Lipinski definition) is 6. The maximum absolute atomic E-state index is 13.9. The van der Waals surface area contributed by atoms with Gasteiger partial charge in [-0.05, 0) is 43.5 Å². The topological polar surface area (TPSA) is 91.8 Å². The molecule has 1 atom stereocenters. The quantitative estimate of drug-likeness (QED) is 0.362.